The number of rotatable bonds is 3. The van der Waals surface area contributed by atoms with Crippen LogP contribution < -0.4 is 19.7 Å². The average Bonchev–Trinajstić information content (AvgIpc) is 2.88. The lowest BCUT2D eigenvalue weighted by atomic mass is 10.1. The first-order valence-corrected chi connectivity index (χ1v) is 8.70. The largest absolute Gasteiger partial charge is 0.497 e. The van der Waals surface area contributed by atoms with E-state index in [4.69, 9.17) is 21.7 Å². The lowest BCUT2D eigenvalue weighted by molar-refractivity contribution is 0.403. The van der Waals surface area contributed by atoms with E-state index in [9.17, 15) is 8.42 Å². The molecule has 2 heterocycles. The fourth-order valence-corrected chi connectivity index (χ4v) is 5.15. The van der Waals surface area contributed by atoms with Crippen molar-refractivity contribution >= 4 is 32.9 Å². The van der Waals surface area contributed by atoms with Crippen molar-refractivity contribution in [2.75, 3.05) is 30.6 Å². The van der Waals surface area contributed by atoms with Crippen molar-refractivity contribution in [2.24, 2.45) is 0 Å². The maximum absolute atomic E-state index is 11.8. The molecule has 1 N–H and O–H groups in total. The highest BCUT2D eigenvalue weighted by atomic mass is 32.2. The second-order valence-electron chi connectivity index (χ2n) is 5.11. The smallest absolute Gasteiger partial charge is 0.174 e. The van der Waals surface area contributed by atoms with Crippen LogP contribution in [0.25, 0.3) is 0 Å². The van der Waals surface area contributed by atoms with Gasteiger partial charge in [-0.15, -0.1) is 0 Å². The molecule has 2 saturated heterocycles. The van der Waals surface area contributed by atoms with Gasteiger partial charge in [0.25, 0.3) is 0 Å². The van der Waals surface area contributed by atoms with Crippen molar-refractivity contribution in [1.82, 2.24) is 5.32 Å². The van der Waals surface area contributed by atoms with Crippen molar-refractivity contribution in [3.05, 3.63) is 18.2 Å². The monoisotopic (exact) mass is 328 g/mol. The summed E-state index contributed by atoms with van der Waals surface area (Å²) in [7, 11) is 0.108. The second-order valence-corrected chi connectivity index (χ2v) is 7.65. The number of hydrogen-bond donors (Lipinski definition) is 1. The fourth-order valence-electron chi connectivity index (χ4n) is 2.87. The van der Waals surface area contributed by atoms with E-state index in [1.807, 2.05) is 4.90 Å². The molecule has 0 radical (unpaired) electrons. The van der Waals surface area contributed by atoms with Crippen LogP contribution in [0.4, 0.5) is 5.69 Å². The van der Waals surface area contributed by atoms with E-state index in [1.165, 1.54) is 0 Å². The number of ether oxygens (including phenoxy) is 2. The molecule has 0 spiro atoms. The minimum atomic E-state index is -3.04. The molecule has 0 aliphatic carbocycles. The van der Waals surface area contributed by atoms with Crippen LogP contribution >= 0.6 is 12.2 Å². The molecule has 0 amide bonds. The summed E-state index contributed by atoms with van der Waals surface area (Å²) in [4.78, 5) is 1.83. The Hall–Kier alpha value is -1.54. The van der Waals surface area contributed by atoms with Crippen molar-refractivity contribution in [3.8, 4) is 11.5 Å². The number of benzene rings is 1. The van der Waals surface area contributed by atoms with Crippen LogP contribution in [0.2, 0.25) is 0 Å². The van der Waals surface area contributed by atoms with E-state index in [-0.39, 0.29) is 23.6 Å². The topological polar surface area (TPSA) is 67.9 Å². The van der Waals surface area contributed by atoms with Gasteiger partial charge in [0.15, 0.2) is 14.9 Å². The Bertz CT molecular complexity index is 689. The van der Waals surface area contributed by atoms with E-state index < -0.39 is 9.84 Å². The molecule has 0 unspecified atom stereocenters. The summed E-state index contributed by atoms with van der Waals surface area (Å²) in [5.74, 6) is 1.49. The van der Waals surface area contributed by atoms with E-state index in [1.54, 1.807) is 32.4 Å². The Labute approximate surface area is 128 Å². The van der Waals surface area contributed by atoms with Gasteiger partial charge >= 0.3 is 0 Å². The first-order chi connectivity index (χ1) is 9.95. The molecule has 0 aromatic heterocycles. The quantitative estimate of drug-likeness (QED) is 0.813. The normalized spacial score (nSPS) is 26.4. The standard InChI is InChI=1S/C13H16N2O4S2/c1-18-8-3-4-12(19-2)10(5-8)15-11-7-21(16,17)6-9(11)14-13(15)20/h3-5,9,11H,6-7H2,1-2H3,(H,14,20)/t9-,11+/m0/s1. The third kappa shape index (κ3) is 2.42. The van der Waals surface area contributed by atoms with Gasteiger partial charge in [-0.25, -0.2) is 8.42 Å². The summed E-state index contributed by atoms with van der Waals surface area (Å²) >= 11 is 5.36. The van der Waals surface area contributed by atoms with E-state index in [0.717, 1.165) is 5.69 Å². The number of fused-ring (bicyclic) bond motifs is 1. The zero-order valence-electron chi connectivity index (χ0n) is 11.7. The van der Waals surface area contributed by atoms with Crippen molar-refractivity contribution < 1.29 is 17.9 Å². The van der Waals surface area contributed by atoms with Crippen LogP contribution in [0.1, 0.15) is 0 Å². The van der Waals surface area contributed by atoms with Gasteiger partial charge in [-0.1, -0.05) is 0 Å². The zero-order chi connectivity index (χ0) is 15.2. The van der Waals surface area contributed by atoms with Crippen LogP contribution in [-0.4, -0.2) is 51.3 Å². The summed E-state index contributed by atoms with van der Waals surface area (Å²) in [5.41, 5.74) is 0.721. The molecule has 2 aliphatic heterocycles. The highest BCUT2D eigenvalue weighted by Crippen LogP contribution is 2.37. The van der Waals surface area contributed by atoms with Gasteiger partial charge in [0.2, 0.25) is 0 Å². The zero-order valence-corrected chi connectivity index (χ0v) is 13.3. The molecule has 1 aromatic rings. The molecule has 114 valence electrons. The molecule has 2 aliphatic rings. The Morgan fingerprint density at radius 3 is 2.71 bits per heavy atom. The van der Waals surface area contributed by atoms with Gasteiger partial charge in [-0.05, 0) is 24.4 Å². The van der Waals surface area contributed by atoms with E-state index in [0.29, 0.717) is 16.6 Å². The molecule has 8 heteroatoms. The highest BCUT2D eigenvalue weighted by molar-refractivity contribution is 7.91. The van der Waals surface area contributed by atoms with Crippen molar-refractivity contribution in [2.45, 2.75) is 12.1 Å². The Morgan fingerprint density at radius 1 is 1.29 bits per heavy atom. The summed E-state index contributed by atoms with van der Waals surface area (Å²) in [5, 5.41) is 3.61. The number of sulfone groups is 1. The fraction of sp³-hybridized carbons (Fsp3) is 0.462. The Kier molecular flexibility index (Phi) is 3.45. The molecular weight excluding hydrogens is 312 g/mol. The molecule has 2 atom stereocenters. The molecule has 21 heavy (non-hydrogen) atoms. The maximum atomic E-state index is 11.8. The maximum Gasteiger partial charge on any atom is 0.174 e. The van der Waals surface area contributed by atoms with Crippen molar-refractivity contribution in [1.29, 1.82) is 0 Å². The van der Waals surface area contributed by atoms with E-state index >= 15 is 0 Å². The predicted molar refractivity (Wildman–Crippen MR) is 84.0 cm³/mol. The average molecular weight is 328 g/mol. The first kappa shape index (κ1) is 14.4. The minimum absolute atomic E-state index is 0.0885. The number of nitrogens with one attached hydrogen (secondary N) is 1. The van der Waals surface area contributed by atoms with Crippen LogP contribution in [-0.2, 0) is 9.84 Å². The SMILES string of the molecule is COc1ccc(OC)c(N2C(=S)N[C@H]3CS(=O)(=O)C[C@H]32)c1. The Morgan fingerprint density at radius 2 is 2.05 bits per heavy atom. The third-order valence-corrected chi connectivity index (χ3v) is 5.86. The van der Waals surface area contributed by atoms with Gasteiger partial charge in [0.1, 0.15) is 11.5 Å². The van der Waals surface area contributed by atoms with Gasteiger partial charge in [-0.2, -0.15) is 0 Å². The summed E-state index contributed by atoms with van der Waals surface area (Å²) in [6, 6.07) is 5.01. The highest BCUT2D eigenvalue weighted by Gasteiger charge is 2.48. The van der Waals surface area contributed by atoms with Gasteiger partial charge in [0, 0.05) is 6.07 Å². The second kappa shape index (κ2) is 5.03. The molecule has 6 nitrogen and oxygen atoms in total. The molecule has 2 fully saturated rings. The van der Waals surface area contributed by atoms with Gasteiger partial charge in [-0.3, -0.25) is 0 Å². The lowest BCUT2D eigenvalue weighted by Gasteiger charge is -2.25. The van der Waals surface area contributed by atoms with Crippen molar-refractivity contribution in [3.63, 3.8) is 0 Å². The molecule has 3 rings (SSSR count). The third-order valence-electron chi connectivity index (χ3n) is 3.83. The van der Waals surface area contributed by atoms with Crippen LogP contribution in [0.3, 0.4) is 0 Å². The number of nitrogens with zero attached hydrogens (tertiary/aromatic N) is 1. The molecule has 0 saturated carbocycles. The minimum Gasteiger partial charge on any atom is -0.497 e. The summed E-state index contributed by atoms with van der Waals surface area (Å²) < 4.78 is 34.3. The number of methoxy groups -OCH3 is 2. The molecular formula is C13H16N2O4S2. The van der Waals surface area contributed by atoms with Crippen LogP contribution in [0, 0.1) is 0 Å². The number of thiocarbonyl (C=S) groups is 1. The predicted octanol–water partition coefficient (Wildman–Crippen LogP) is 0.564. The van der Waals surface area contributed by atoms with Crippen LogP contribution in [0.5, 0.6) is 11.5 Å². The lowest BCUT2D eigenvalue weighted by Crippen LogP contribution is -2.37. The number of anilines is 1. The van der Waals surface area contributed by atoms with Gasteiger partial charge < -0.3 is 19.7 Å². The van der Waals surface area contributed by atoms with Crippen LogP contribution in [0.15, 0.2) is 18.2 Å². The van der Waals surface area contributed by atoms with E-state index in [2.05, 4.69) is 5.32 Å². The van der Waals surface area contributed by atoms with Gasteiger partial charge in [0.05, 0.1) is 43.5 Å². The summed E-state index contributed by atoms with van der Waals surface area (Å²) in [6.07, 6.45) is 0. The summed E-state index contributed by atoms with van der Waals surface area (Å²) in [6.45, 7) is 0. The number of hydrogen-bond acceptors (Lipinski definition) is 5. The molecule has 0 bridgehead atoms. The first-order valence-electron chi connectivity index (χ1n) is 6.47. The Balaban J connectivity index is 2.04. The molecule has 1 aromatic carbocycles.